The van der Waals surface area contributed by atoms with Crippen LogP contribution in [0.25, 0.3) is 0 Å². The first-order chi connectivity index (χ1) is 11.4. The number of likely N-dealkylation sites (tertiary alicyclic amines) is 1. The van der Waals surface area contributed by atoms with Gasteiger partial charge in [0.15, 0.2) is 0 Å². The molecular weight excluding hydrogens is 324 g/mol. The van der Waals surface area contributed by atoms with Crippen molar-refractivity contribution in [2.45, 2.75) is 57.4 Å². The van der Waals surface area contributed by atoms with E-state index in [0.717, 1.165) is 24.8 Å². The van der Waals surface area contributed by atoms with E-state index in [9.17, 15) is 9.00 Å². The predicted octanol–water partition coefficient (Wildman–Crippen LogP) is 3.23. The second-order valence-corrected chi connectivity index (χ2v) is 9.15. The summed E-state index contributed by atoms with van der Waals surface area (Å²) in [6, 6.07) is 9.86. The van der Waals surface area contributed by atoms with Crippen LogP contribution in [0.1, 0.15) is 45.6 Å². The Morgan fingerprint density at radius 1 is 1.25 bits per heavy atom. The molecule has 1 aromatic rings. The highest BCUT2D eigenvalue weighted by Gasteiger charge is 2.26. The van der Waals surface area contributed by atoms with E-state index in [2.05, 4.69) is 4.72 Å². The number of carbonyl (C=O) groups excluding carboxylic acids is 1. The Bertz CT molecular complexity index is 557. The Hall–Kier alpha value is -1.40. The molecule has 1 heterocycles. The maximum Gasteiger partial charge on any atom is 0.410 e. The lowest BCUT2D eigenvalue weighted by molar-refractivity contribution is 0.0973. The van der Waals surface area contributed by atoms with E-state index >= 15 is 0 Å². The number of nitrogens with zero attached hydrogens (tertiary/aromatic N) is 1. The van der Waals surface area contributed by atoms with Crippen LogP contribution in [0.15, 0.2) is 30.3 Å². The molecule has 24 heavy (non-hydrogen) atoms. The van der Waals surface area contributed by atoms with E-state index < -0.39 is 11.0 Å². The molecule has 1 aliphatic heterocycles. The van der Waals surface area contributed by atoms with Crippen LogP contribution in [0.4, 0.5) is 4.79 Å². The second kappa shape index (κ2) is 8.62. The molecule has 1 N–H and O–H groups in total. The fourth-order valence-corrected chi connectivity index (χ4v) is 3.43. The first-order valence-electron chi connectivity index (χ1n) is 8.50. The zero-order chi connectivity index (χ0) is 17.6. The van der Waals surface area contributed by atoms with E-state index in [0.29, 0.717) is 19.7 Å². The van der Waals surface area contributed by atoms with Gasteiger partial charge in [-0.1, -0.05) is 30.3 Å². The molecule has 2 rings (SSSR count). The summed E-state index contributed by atoms with van der Waals surface area (Å²) in [7, 11) is -1.08. The summed E-state index contributed by atoms with van der Waals surface area (Å²) in [5, 5.41) is 0. The van der Waals surface area contributed by atoms with Gasteiger partial charge in [-0.05, 0) is 45.6 Å². The second-order valence-electron chi connectivity index (χ2n) is 7.15. The molecule has 1 saturated heterocycles. The van der Waals surface area contributed by atoms with Gasteiger partial charge in [0.25, 0.3) is 0 Å². The Labute approximate surface area is 147 Å². The molecule has 0 aliphatic carbocycles. The Morgan fingerprint density at radius 3 is 2.62 bits per heavy atom. The van der Waals surface area contributed by atoms with Crippen molar-refractivity contribution in [1.82, 2.24) is 9.62 Å². The summed E-state index contributed by atoms with van der Waals surface area (Å²) in [5.74, 6) is 0. The van der Waals surface area contributed by atoms with Crippen LogP contribution in [-0.4, -0.2) is 39.1 Å². The quantitative estimate of drug-likeness (QED) is 0.905. The van der Waals surface area contributed by atoms with Crippen molar-refractivity contribution in [1.29, 1.82) is 0 Å². The molecule has 1 amide bonds. The van der Waals surface area contributed by atoms with Crippen LogP contribution < -0.4 is 4.72 Å². The number of benzene rings is 1. The van der Waals surface area contributed by atoms with Crippen LogP contribution in [0, 0.1) is 0 Å². The summed E-state index contributed by atoms with van der Waals surface area (Å²) < 4.78 is 20.5. The van der Waals surface area contributed by atoms with Gasteiger partial charge in [0.2, 0.25) is 0 Å². The lowest BCUT2D eigenvalue weighted by Crippen LogP contribution is -2.40. The van der Waals surface area contributed by atoms with Crippen LogP contribution in [0.5, 0.6) is 0 Å². The van der Waals surface area contributed by atoms with Gasteiger partial charge in [0, 0.05) is 19.1 Å². The molecule has 0 aromatic heterocycles. The molecule has 1 aliphatic rings. The summed E-state index contributed by atoms with van der Waals surface area (Å²) in [6.45, 7) is 7.49. The molecule has 5 nitrogen and oxygen atoms in total. The third-order valence-electron chi connectivity index (χ3n) is 4.02. The standard InChI is InChI=1S/C18H28N2O3S/c1-18(2,3)24(22)19-16-10-7-12-20(13-11-16)17(21)23-14-15-8-5-4-6-9-15/h4-6,8-9,16,19H,7,10-14H2,1-3H3/t16-,24-/m1/s1. The van der Waals surface area contributed by atoms with Crippen molar-refractivity contribution in [3.8, 4) is 0 Å². The minimum absolute atomic E-state index is 0.178. The fraction of sp³-hybridized carbons (Fsp3) is 0.611. The molecule has 0 bridgehead atoms. The smallest absolute Gasteiger partial charge is 0.410 e. The zero-order valence-corrected chi connectivity index (χ0v) is 15.6. The summed E-state index contributed by atoms with van der Waals surface area (Å²) in [4.78, 5) is 14.0. The number of hydrogen-bond acceptors (Lipinski definition) is 3. The SMILES string of the molecule is CC(C)(C)[S@@](=O)N[C@@H]1CCCN(C(=O)OCc2ccccc2)CC1. The molecular formula is C18H28N2O3S. The van der Waals surface area contributed by atoms with Crippen LogP contribution in [0.3, 0.4) is 0 Å². The van der Waals surface area contributed by atoms with Crippen molar-refractivity contribution in [2.75, 3.05) is 13.1 Å². The van der Waals surface area contributed by atoms with Crippen molar-refractivity contribution in [2.24, 2.45) is 0 Å². The zero-order valence-electron chi connectivity index (χ0n) is 14.8. The van der Waals surface area contributed by atoms with Crippen molar-refractivity contribution >= 4 is 17.1 Å². The van der Waals surface area contributed by atoms with E-state index in [1.54, 1.807) is 4.90 Å². The number of nitrogens with one attached hydrogen (secondary N) is 1. The molecule has 6 heteroatoms. The average molecular weight is 353 g/mol. The maximum absolute atomic E-state index is 12.2. The van der Waals surface area contributed by atoms with Gasteiger partial charge in [-0.2, -0.15) is 0 Å². The maximum atomic E-state index is 12.2. The summed E-state index contributed by atoms with van der Waals surface area (Å²) >= 11 is 0. The molecule has 1 aromatic carbocycles. The number of ether oxygens (including phenoxy) is 1. The first-order valence-corrected chi connectivity index (χ1v) is 9.65. The highest BCUT2D eigenvalue weighted by Crippen LogP contribution is 2.16. The molecule has 2 atom stereocenters. The summed E-state index contributed by atoms with van der Waals surface area (Å²) in [6.07, 6.45) is 2.34. The van der Waals surface area contributed by atoms with Crippen LogP contribution >= 0.6 is 0 Å². The van der Waals surface area contributed by atoms with Crippen molar-refractivity contribution < 1.29 is 13.7 Å². The topological polar surface area (TPSA) is 58.6 Å². The Balaban J connectivity index is 1.79. The third kappa shape index (κ3) is 5.91. The van der Waals surface area contributed by atoms with E-state index in [-0.39, 0.29) is 16.9 Å². The number of hydrogen-bond donors (Lipinski definition) is 1. The van der Waals surface area contributed by atoms with Crippen molar-refractivity contribution in [3.63, 3.8) is 0 Å². The van der Waals surface area contributed by atoms with Gasteiger partial charge in [-0.25, -0.2) is 13.7 Å². The first kappa shape index (κ1) is 18.9. The van der Waals surface area contributed by atoms with E-state index in [4.69, 9.17) is 4.74 Å². The van der Waals surface area contributed by atoms with Gasteiger partial charge in [-0.15, -0.1) is 0 Å². The van der Waals surface area contributed by atoms with Gasteiger partial charge in [0.05, 0.1) is 15.7 Å². The monoisotopic (exact) mass is 352 g/mol. The van der Waals surface area contributed by atoms with Crippen LogP contribution in [0.2, 0.25) is 0 Å². The highest BCUT2D eigenvalue weighted by atomic mass is 32.2. The molecule has 1 fully saturated rings. The largest absolute Gasteiger partial charge is 0.445 e. The van der Waals surface area contributed by atoms with Gasteiger partial charge >= 0.3 is 6.09 Å². The van der Waals surface area contributed by atoms with Gasteiger partial charge in [0.1, 0.15) is 6.61 Å². The lowest BCUT2D eigenvalue weighted by atomic mass is 10.1. The van der Waals surface area contributed by atoms with Crippen molar-refractivity contribution in [3.05, 3.63) is 35.9 Å². The Morgan fingerprint density at radius 2 is 1.96 bits per heavy atom. The average Bonchev–Trinajstić information content (AvgIpc) is 2.78. The minimum Gasteiger partial charge on any atom is -0.445 e. The molecule has 0 unspecified atom stereocenters. The molecule has 0 radical (unpaired) electrons. The summed E-state index contributed by atoms with van der Waals surface area (Å²) in [5.41, 5.74) is 0.987. The molecule has 0 spiro atoms. The number of amides is 1. The fourth-order valence-electron chi connectivity index (χ4n) is 2.54. The molecule has 0 saturated carbocycles. The minimum atomic E-state index is -1.08. The van der Waals surface area contributed by atoms with E-state index in [1.165, 1.54) is 0 Å². The van der Waals surface area contributed by atoms with Gasteiger partial charge in [-0.3, -0.25) is 0 Å². The molecule has 134 valence electrons. The lowest BCUT2D eigenvalue weighted by Gasteiger charge is -2.23. The van der Waals surface area contributed by atoms with Crippen LogP contribution in [-0.2, 0) is 22.3 Å². The Kier molecular flexibility index (Phi) is 6.80. The number of carbonyl (C=O) groups is 1. The van der Waals surface area contributed by atoms with Gasteiger partial charge < -0.3 is 9.64 Å². The predicted molar refractivity (Wildman–Crippen MR) is 96.9 cm³/mol. The highest BCUT2D eigenvalue weighted by molar-refractivity contribution is 7.84. The number of rotatable bonds is 4. The van der Waals surface area contributed by atoms with E-state index in [1.807, 2.05) is 51.1 Å². The third-order valence-corrected chi connectivity index (χ3v) is 5.68. The normalized spacial score (nSPS) is 20.3.